The molecule has 30 valence electrons. The third-order valence-electron chi connectivity index (χ3n) is 0.109. The predicted octanol–water partition coefficient (Wildman–Crippen LogP) is 0.434. The molecular formula is C2H3FO2. The molecular weight excluding hydrogens is 75.0 g/mol. The van der Waals surface area contributed by atoms with Crippen molar-refractivity contribution in [1.29, 1.82) is 0 Å². The summed E-state index contributed by atoms with van der Waals surface area (Å²) in [6, 6.07) is 0. The quantitative estimate of drug-likeness (QED) is 0.420. The molecule has 5 heavy (non-hydrogen) atoms. The Hall–Kier alpha value is -0.600. The van der Waals surface area contributed by atoms with Crippen LogP contribution in [0.4, 0.5) is 4.53 Å². The van der Waals surface area contributed by atoms with Crippen molar-refractivity contribution in [3.63, 3.8) is 0 Å². The normalized spacial score (nSPS) is 6.80. The van der Waals surface area contributed by atoms with Gasteiger partial charge in [0.05, 0.1) is 0 Å². The van der Waals surface area contributed by atoms with Gasteiger partial charge in [-0.1, -0.05) is 0 Å². The van der Waals surface area contributed by atoms with Crippen LogP contribution in [0.2, 0.25) is 0 Å². The zero-order valence-corrected chi connectivity index (χ0v) is 2.69. The van der Waals surface area contributed by atoms with E-state index in [4.69, 9.17) is 0 Å². The van der Waals surface area contributed by atoms with Crippen LogP contribution >= 0.6 is 0 Å². The van der Waals surface area contributed by atoms with E-state index in [2.05, 4.69) is 4.94 Å². The van der Waals surface area contributed by atoms with Gasteiger partial charge in [-0.25, -0.2) is 4.79 Å². The van der Waals surface area contributed by atoms with Crippen molar-refractivity contribution in [2.75, 3.05) is 0 Å². The molecule has 0 aliphatic heterocycles. The van der Waals surface area contributed by atoms with Crippen molar-refractivity contribution < 1.29 is 14.3 Å². The van der Waals surface area contributed by atoms with Crippen molar-refractivity contribution in [1.82, 2.24) is 0 Å². The third kappa shape index (κ3) is 3.40. The lowest BCUT2D eigenvalue weighted by Gasteiger charge is -1.71. The van der Waals surface area contributed by atoms with Crippen LogP contribution in [0.5, 0.6) is 0 Å². The van der Waals surface area contributed by atoms with Gasteiger partial charge in [0.15, 0.2) is 0 Å². The van der Waals surface area contributed by atoms with E-state index in [0.29, 0.717) is 0 Å². The summed E-state index contributed by atoms with van der Waals surface area (Å²) in [4.78, 5) is 11.8. The first-order valence-electron chi connectivity index (χ1n) is 1.06. The number of carbonyl (C=O) groups is 1. The zero-order valence-electron chi connectivity index (χ0n) is 2.69. The second-order valence-electron chi connectivity index (χ2n) is 0.569. The largest absolute Gasteiger partial charge is 0.345 e. The number of hydrogen-bond acceptors (Lipinski definition) is 2. The topological polar surface area (TPSA) is 26.3 Å². The Morgan fingerprint density at radius 3 is 2.20 bits per heavy atom. The van der Waals surface area contributed by atoms with Crippen molar-refractivity contribution >= 4 is 5.97 Å². The summed E-state index contributed by atoms with van der Waals surface area (Å²) < 4.78 is 10.3. The summed E-state index contributed by atoms with van der Waals surface area (Å²) >= 11 is 0. The van der Waals surface area contributed by atoms with E-state index < -0.39 is 5.97 Å². The molecule has 0 atom stereocenters. The summed E-state index contributed by atoms with van der Waals surface area (Å²) in [5.41, 5.74) is 0. The molecule has 3 heteroatoms. The average Bonchev–Trinajstić information content (AvgIpc) is 1.38. The van der Waals surface area contributed by atoms with Crippen molar-refractivity contribution in [2.24, 2.45) is 0 Å². The molecule has 0 aliphatic rings. The Morgan fingerprint density at radius 2 is 2.20 bits per heavy atom. The molecule has 0 radical (unpaired) electrons. The maximum absolute atomic E-state index is 10.3. The van der Waals surface area contributed by atoms with Gasteiger partial charge in [-0.3, -0.25) is 4.94 Å². The van der Waals surface area contributed by atoms with Crippen LogP contribution in [0.3, 0.4) is 0 Å². The second-order valence-corrected chi connectivity index (χ2v) is 0.569. The van der Waals surface area contributed by atoms with Crippen molar-refractivity contribution in [3.05, 3.63) is 0 Å². The zero-order chi connectivity index (χ0) is 4.28. The van der Waals surface area contributed by atoms with Gasteiger partial charge in [0.2, 0.25) is 0 Å². The van der Waals surface area contributed by atoms with Crippen LogP contribution in [0, 0.1) is 0 Å². The fraction of sp³-hybridized carbons (Fsp3) is 0.500. The molecule has 0 saturated heterocycles. The predicted molar refractivity (Wildman–Crippen MR) is 12.9 cm³/mol. The SMILES string of the molecule is CC(=O)OF. The smallest absolute Gasteiger partial charge is 0.255 e. The van der Waals surface area contributed by atoms with Crippen LogP contribution in [0.1, 0.15) is 6.92 Å². The Bertz CT molecular complexity index is 42.9. The first kappa shape index (κ1) is 4.40. The fourth-order valence-electron chi connectivity index (χ4n) is 0. The molecule has 0 saturated carbocycles. The van der Waals surface area contributed by atoms with Crippen LogP contribution in [-0.4, -0.2) is 5.97 Å². The number of hydrogen-bond donors (Lipinski definition) is 0. The molecule has 0 unspecified atom stereocenters. The van der Waals surface area contributed by atoms with Crippen LogP contribution in [0.15, 0.2) is 0 Å². The number of rotatable bonds is 0. The van der Waals surface area contributed by atoms with Gasteiger partial charge in [0.25, 0.3) is 0 Å². The van der Waals surface area contributed by atoms with E-state index >= 15 is 0 Å². The highest BCUT2D eigenvalue weighted by Crippen LogP contribution is 1.69. The second kappa shape index (κ2) is 1.69. The standard InChI is InChI=1S/C2H3FO2/c1-2(4)5-3/h1H3. The lowest BCUT2D eigenvalue weighted by atomic mass is 10.9. The maximum Gasteiger partial charge on any atom is 0.345 e. The Labute approximate surface area is 28.4 Å². The van der Waals surface area contributed by atoms with Gasteiger partial charge in [-0.05, 0) is 0 Å². The lowest BCUT2D eigenvalue weighted by molar-refractivity contribution is -0.180. The average molecular weight is 78.0 g/mol. The van der Waals surface area contributed by atoms with Gasteiger partial charge in [0, 0.05) is 11.4 Å². The number of halogens is 1. The van der Waals surface area contributed by atoms with Gasteiger partial charge in [-0.15, -0.1) is 0 Å². The molecule has 0 heterocycles. The van der Waals surface area contributed by atoms with Gasteiger partial charge >= 0.3 is 5.97 Å². The van der Waals surface area contributed by atoms with E-state index in [1.807, 2.05) is 0 Å². The van der Waals surface area contributed by atoms with Crippen LogP contribution < -0.4 is 0 Å². The molecule has 2 nitrogen and oxygen atoms in total. The van der Waals surface area contributed by atoms with E-state index in [-0.39, 0.29) is 0 Å². The third-order valence-corrected chi connectivity index (χ3v) is 0.109. The Kier molecular flexibility index (Phi) is 1.49. The van der Waals surface area contributed by atoms with Crippen LogP contribution in [0.25, 0.3) is 0 Å². The van der Waals surface area contributed by atoms with Gasteiger partial charge in [-0.2, -0.15) is 0 Å². The minimum absolute atomic E-state index is 0.912. The molecule has 0 aromatic carbocycles. The summed E-state index contributed by atoms with van der Waals surface area (Å²) in [5.74, 6) is -0.912. The fourth-order valence-corrected chi connectivity index (χ4v) is 0. The maximum atomic E-state index is 10.3. The minimum atomic E-state index is -0.912. The van der Waals surface area contributed by atoms with Crippen LogP contribution in [-0.2, 0) is 9.74 Å². The van der Waals surface area contributed by atoms with E-state index in [1.165, 1.54) is 0 Å². The van der Waals surface area contributed by atoms with Crippen molar-refractivity contribution in [2.45, 2.75) is 6.92 Å². The molecule has 0 fully saturated rings. The molecule has 0 rings (SSSR count). The summed E-state index contributed by atoms with van der Waals surface area (Å²) in [5, 5.41) is 0. The van der Waals surface area contributed by atoms with E-state index in [0.717, 1.165) is 6.92 Å². The van der Waals surface area contributed by atoms with Crippen molar-refractivity contribution in [3.8, 4) is 0 Å². The summed E-state index contributed by atoms with van der Waals surface area (Å²) in [6.07, 6.45) is 0. The molecule has 0 N–H and O–H groups in total. The number of carbonyl (C=O) groups excluding carboxylic acids is 1. The monoisotopic (exact) mass is 78.0 g/mol. The lowest BCUT2D eigenvalue weighted by Crippen LogP contribution is -1.83. The Morgan fingerprint density at radius 1 is 2.00 bits per heavy atom. The highest BCUT2D eigenvalue weighted by Gasteiger charge is 1.81. The molecule has 0 aromatic heterocycles. The first-order chi connectivity index (χ1) is 2.27. The van der Waals surface area contributed by atoms with E-state index in [1.54, 1.807) is 0 Å². The van der Waals surface area contributed by atoms with E-state index in [9.17, 15) is 9.32 Å². The summed E-state index contributed by atoms with van der Waals surface area (Å²) in [7, 11) is 0. The van der Waals surface area contributed by atoms with Gasteiger partial charge < -0.3 is 0 Å². The highest BCUT2D eigenvalue weighted by molar-refractivity contribution is 5.64. The Balaban J connectivity index is 2.85. The summed E-state index contributed by atoms with van der Waals surface area (Å²) in [6.45, 7) is 0.986. The minimum Gasteiger partial charge on any atom is -0.255 e. The molecule has 0 bridgehead atoms. The molecule has 0 aliphatic carbocycles. The molecule has 0 aromatic rings. The first-order valence-corrected chi connectivity index (χ1v) is 1.06. The van der Waals surface area contributed by atoms with Gasteiger partial charge in [0.1, 0.15) is 0 Å². The highest BCUT2D eigenvalue weighted by atomic mass is 19.3. The molecule has 0 spiro atoms. The molecule has 0 amide bonds.